The van der Waals surface area contributed by atoms with E-state index in [9.17, 15) is 4.79 Å². The van der Waals surface area contributed by atoms with Crippen LogP contribution in [-0.4, -0.2) is 19.1 Å². The topological polar surface area (TPSA) is 64.9 Å². The number of hydrogen-bond donors (Lipinski definition) is 2. The van der Waals surface area contributed by atoms with Gasteiger partial charge in [0, 0.05) is 18.1 Å². The number of carbonyl (C=O) groups is 1. The van der Waals surface area contributed by atoms with Crippen molar-refractivity contribution in [2.45, 2.75) is 12.8 Å². The molecule has 0 aliphatic carbocycles. The molecule has 17 heavy (non-hydrogen) atoms. The third-order valence-corrected chi connectivity index (χ3v) is 2.39. The van der Waals surface area contributed by atoms with Gasteiger partial charge >= 0.3 is 6.03 Å². The van der Waals surface area contributed by atoms with Gasteiger partial charge in [-0.05, 0) is 24.1 Å². The predicted molar refractivity (Wildman–Crippen MR) is 66.8 cm³/mol. The third-order valence-electron chi connectivity index (χ3n) is 2.13. The second-order valence-corrected chi connectivity index (χ2v) is 3.90. The fourth-order valence-corrected chi connectivity index (χ4v) is 1.39. The van der Waals surface area contributed by atoms with Gasteiger partial charge in [0.05, 0.1) is 12.5 Å². The lowest BCUT2D eigenvalue weighted by atomic mass is 10.1. The number of urea groups is 1. The minimum atomic E-state index is -0.241. The quantitative estimate of drug-likeness (QED) is 0.787. The molecule has 0 unspecified atom stereocenters. The van der Waals surface area contributed by atoms with Crippen molar-refractivity contribution in [2.75, 3.05) is 13.1 Å². The van der Waals surface area contributed by atoms with Crippen LogP contribution < -0.4 is 10.6 Å². The van der Waals surface area contributed by atoms with Gasteiger partial charge in [0.25, 0.3) is 0 Å². The molecular weight excluding hydrogens is 238 g/mol. The Morgan fingerprint density at radius 1 is 1.24 bits per heavy atom. The SMILES string of the molecule is N#CCCNC(=O)NCCc1ccc(Cl)cc1. The number of carbonyl (C=O) groups excluding carboxylic acids is 1. The molecule has 0 spiro atoms. The zero-order valence-corrected chi connectivity index (χ0v) is 10.1. The predicted octanol–water partition coefficient (Wildman–Crippen LogP) is 2.10. The molecule has 90 valence electrons. The normalized spacial score (nSPS) is 9.41. The van der Waals surface area contributed by atoms with Crippen LogP contribution in [0.15, 0.2) is 24.3 Å². The summed E-state index contributed by atoms with van der Waals surface area (Å²) in [4.78, 5) is 11.2. The van der Waals surface area contributed by atoms with Crippen molar-refractivity contribution < 1.29 is 4.79 Å². The van der Waals surface area contributed by atoms with Gasteiger partial charge in [-0.15, -0.1) is 0 Å². The highest BCUT2D eigenvalue weighted by Gasteiger charge is 1.98. The Kier molecular flexibility index (Phi) is 5.91. The molecule has 0 aromatic heterocycles. The van der Waals surface area contributed by atoms with E-state index in [1.165, 1.54) is 0 Å². The minimum Gasteiger partial charge on any atom is -0.338 e. The fourth-order valence-electron chi connectivity index (χ4n) is 1.27. The average molecular weight is 252 g/mol. The van der Waals surface area contributed by atoms with Crippen LogP contribution in [0.25, 0.3) is 0 Å². The van der Waals surface area contributed by atoms with Crippen molar-refractivity contribution in [2.24, 2.45) is 0 Å². The summed E-state index contributed by atoms with van der Waals surface area (Å²) in [6.45, 7) is 0.934. The molecule has 0 fully saturated rings. The van der Waals surface area contributed by atoms with Crippen LogP contribution in [-0.2, 0) is 6.42 Å². The first-order valence-corrected chi connectivity index (χ1v) is 5.73. The molecule has 2 amide bonds. The average Bonchev–Trinajstić information content (AvgIpc) is 2.32. The zero-order valence-electron chi connectivity index (χ0n) is 9.37. The first-order chi connectivity index (χ1) is 8.22. The zero-order chi connectivity index (χ0) is 12.5. The second-order valence-electron chi connectivity index (χ2n) is 3.47. The smallest absolute Gasteiger partial charge is 0.314 e. The van der Waals surface area contributed by atoms with E-state index in [-0.39, 0.29) is 6.03 Å². The Morgan fingerprint density at radius 3 is 2.53 bits per heavy atom. The summed E-state index contributed by atoms with van der Waals surface area (Å²) in [6, 6.07) is 9.22. The second kappa shape index (κ2) is 7.53. The molecule has 0 aliphatic heterocycles. The summed E-state index contributed by atoms with van der Waals surface area (Å²) < 4.78 is 0. The molecule has 1 aromatic rings. The van der Waals surface area contributed by atoms with Crippen molar-refractivity contribution in [1.82, 2.24) is 10.6 Å². The minimum absolute atomic E-state index is 0.241. The molecule has 2 N–H and O–H groups in total. The van der Waals surface area contributed by atoms with E-state index >= 15 is 0 Å². The number of benzene rings is 1. The molecule has 0 radical (unpaired) electrons. The van der Waals surface area contributed by atoms with E-state index in [0.717, 1.165) is 12.0 Å². The first kappa shape index (κ1) is 13.3. The molecule has 0 bridgehead atoms. The van der Waals surface area contributed by atoms with Gasteiger partial charge in [0.15, 0.2) is 0 Å². The van der Waals surface area contributed by atoms with Gasteiger partial charge in [-0.25, -0.2) is 4.79 Å². The van der Waals surface area contributed by atoms with Gasteiger partial charge in [-0.2, -0.15) is 5.26 Å². The molecule has 0 heterocycles. The molecule has 0 saturated carbocycles. The van der Waals surface area contributed by atoms with Crippen molar-refractivity contribution in [3.63, 3.8) is 0 Å². The highest BCUT2D eigenvalue weighted by Crippen LogP contribution is 2.09. The summed E-state index contributed by atoms with van der Waals surface area (Å²) in [5.74, 6) is 0. The summed E-state index contributed by atoms with van der Waals surface area (Å²) in [7, 11) is 0. The van der Waals surface area contributed by atoms with Gasteiger partial charge < -0.3 is 10.6 Å². The van der Waals surface area contributed by atoms with Crippen molar-refractivity contribution in [3.8, 4) is 6.07 Å². The monoisotopic (exact) mass is 251 g/mol. The third kappa shape index (κ3) is 5.79. The Hall–Kier alpha value is -1.73. The number of nitrogens with one attached hydrogen (secondary N) is 2. The molecule has 0 saturated heterocycles. The van der Waals surface area contributed by atoms with E-state index in [1.807, 2.05) is 30.3 Å². The van der Waals surface area contributed by atoms with Crippen LogP contribution in [0.1, 0.15) is 12.0 Å². The Morgan fingerprint density at radius 2 is 1.88 bits per heavy atom. The first-order valence-electron chi connectivity index (χ1n) is 5.35. The molecule has 1 aromatic carbocycles. The molecule has 0 aliphatic rings. The molecule has 0 atom stereocenters. The number of hydrogen-bond acceptors (Lipinski definition) is 2. The highest BCUT2D eigenvalue weighted by atomic mass is 35.5. The van der Waals surface area contributed by atoms with Crippen molar-refractivity contribution in [3.05, 3.63) is 34.9 Å². The lowest BCUT2D eigenvalue weighted by Crippen LogP contribution is -2.36. The highest BCUT2D eigenvalue weighted by molar-refractivity contribution is 6.30. The van der Waals surface area contributed by atoms with Crippen LogP contribution in [0.4, 0.5) is 4.79 Å². The van der Waals surface area contributed by atoms with E-state index in [4.69, 9.17) is 16.9 Å². The Balaban J connectivity index is 2.17. The standard InChI is InChI=1S/C12H14ClN3O/c13-11-4-2-10(3-5-11)6-9-16-12(17)15-8-1-7-14/h2-5H,1,6,8-9H2,(H2,15,16,17). The fraction of sp³-hybridized carbons (Fsp3) is 0.333. The lowest BCUT2D eigenvalue weighted by molar-refractivity contribution is 0.241. The number of amides is 2. The van der Waals surface area contributed by atoms with Crippen molar-refractivity contribution in [1.29, 1.82) is 5.26 Å². The van der Waals surface area contributed by atoms with Gasteiger partial charge in [0.1, 0.15) is 0 Å². The maximum atomic E-state index is 11.2. The van der Waals surface area contributed by atoms with E-state index < -0.39 is 0 Å². The summed E-state index contributed by atoms with van der Waals surface area (Å²) in [5.41, 5.74) is 1.12. The molecule has 4 nitrogen and oxygen atoms in total. The van der Waals surface area contributed by atoms with Crippen LogP contribution in [0, 0.1) is 11.3 Å². The number of nitrogens with zero attached hydrogens (tertiary/aromatic N) is 1. The Labute approximate surface area is 106 Å². The Bertz CT molecular complexity index is 397. The van der Waals surface area contributed by atoms with Crippen LogP contribution in [0.5, 0.6) is 0 Å². The summed E-state index contributed by atoms with van der Waals surface area (Å²) >= 11 is 5.76. The maximum Gasteiger partial charge on any atom is 0.314 e. The largest absolute Gasteiger partial charge is 0.338 e. The van der Waals surface area contributed by atoms with Gasteiger partial charge in [-0.1, -0.05) is 23.7 Å². The summed E-state index contributed by atoms with van der Waals surface area (Å²) in [5, 5.41) is 14.3. The number of rotatable bonds is 5. The molecule has 1 rings (SSSR count). The number of nitriles is 1. The van der Waals surface area contributed by atoms with E-state index in [2.05, 4.69) is 10.6 Å². The number of halogens is 1. The molecule has 5 heteroatoms. The van der Waals surface area contributed by atoms with Crippen LogP contribution >= 0.6 is 11.6 Å². The van der Waals surface area contributed by atoms with E-state index in [0.29, 0.717) is 24.5 Å². The van der Waals surface area contributed by atoms with Crippen molar-refractivity contribution >= 4 is 17.6 Å². The maximum absolute atomic E-state index is 11.2. The van der Waals surface area contributed by atoms with Gasteiger partial charge in [0.2, 0.25) is 0 Å². The summed E-state index contributed by atoms with van der Waals surface area (Å²) in [6.07, 6.45) is 1.08. The van der Waals surface area contributed by atoms with E-state index in [1.54, 1.807) is 0 Å². The molecular formula is C12H14ClN3O. The van der Waals surface area contributed by atoms with Crippen LogP contribution in [0.2, 0.25) is 5.02 Å². The van der Waals surface area contributed by atoms with Crippen LogP contribution in [0.3, 0.4) is 0 Å². The lowest BCUT2D eigenvalue weighted by Gasteiger charge is -2.06. The van der Waals surface area contributed by atoms with Gasteiger partial charge in [-0.3, -0.25) is 0 Å².